The maximum absolute atomic E-state index is 2.12. The molecule has 376 valence electrons. The highest BCUT2D eigenvalue weighted by molar-refractivity contribution is 3.96. The molecule has 0 radical (unpaired) electrons. The Bertz CT molecular complexity index is 64.0. The van der Waals surface area contributed by atoms with E-state index in [1.807, 2.05) is 0 Å². The smallest absolute Gasteiger partial charge is 0.0590 e. The van der Waals surface area contributed by atoms with Gasteiger partial charge >= 0.3 is 0 Å². The van der Waals surface area contributed by atoms with Crippen LogP contribution in [0.3, 0.4) is 0 Å². The third-order valence-electron chi connectivity index (χ3n) is 0. The Morgan fingerprint density at radius 1 is 0.0909 bits per heavy atom. The van der Waals surface area contributed by atoms with Crippen molar-refractivity contribution in [1.29, 1.82) is 0 Å². The minimum absolute atomic E-state index is 0. The van der Waals surface area contributed by atoms with Gasteiger partial charge in [-0.3, -0.25) is 0 Å². The van der Waals surface area contributed by atoms with E-state index < -0.39 is 0 Å². The van der Waals surface area contributed by atoms with Gasteiger partial charge in [-0.15, -0.1) is 0 Å². The second-order valence-electron chi connectivity index (χ2n) is 11.3. The van der Waals surface area contributed by atoms with Gasteiger partial charge in [0, 0.05) is 0 Å². The van der Waals surface area contributed by atoms with Crippen molar-refractivity contribution in [2.45, 2.75) is 376 Å². The predicted octanol–water partition coefficient (Wildman–Crippen LogP) is 27.1. The Labute approximate surface area is 375 Å². The molecule has 0 heteroatoms. The Hall–Kier alpha value is 0. The molecule has 55 heavy (non-hydrogen) atoms. The van der Waals surface area contributed by atoms with Gasteiger partial charge in [0.15, 0.2) is 0 Å². The van der Waals surface area contributed by atoms with Gasteiger partial charge < -0.3 is 0 Å². The van der Waals surface area contributed by atoms with Crippen LogP contribution in [0.4, 0.5) is 0 Å². The molecule has 0 aliphatic heterocycles. The molecule has 0 bridgehead atoms. The third-order valence-corrected chi connectivity index (χ3v) is 0. The van der Waals surface area contributed by atoms with Gasteiger partial charge in [0.25, 0.3) is 0 Å². The van der Waals surface area contributed by atoms with Gasteiger partial charge in [0.05, 0.1) is 0 Å². The quantitative estimate of drug-likeness (QED) is 0.228. The first-order valence-corrected chi connectivity index (χ1v) is 22.6. The SMILES string of the molecule is C.C.C.C.C.C.C.CCC.CCC.CCC.CCC.CCC.CCC.CCC.CCC.CCC.CCC.CCC.CCC.CCC.CCC.CCC.CCC. The van der Waals surface area contributed by atoms with Gasteiger partial charge in [-0.25, -0.2) is 0 Å². The Morgan fingerprint density at radius 3 is 0.0909 bits per heavy atom. The fraction of sp³-hybridized carbons (Fsp3) is 1.00. The molecule has 0 fully saturated rings. The summed E-state index contributed by atoms with van der Waals surface area (Å²) >= 11 is 0. The van der Waals surface area contributed by atoms with Crippen molar-refractivity contribution < 1.29 is 0 Å². The van der Waals surface area contributed by atoms with Crippen LogP contribution in [0.1, 0.15) is 376 Å². The second-order valence-corrected chi connectivity index (χ2v) is 11.3. The summed E-state index contributed by atoms with van der Waals surface area (Å²) in [6, 6.07) is 0. The van der Waals surface area contributed by atoms with E-state index in [9.17, 15) is 0 Å². The van der Waals surface area contributed by atoms with Crippen LogP contribution in [0.15, 0.2) is 0 Å². The zero-order chi connectivity index (χ0) is 43.3. The van der Waals surface area contributed by atoms with E-state index in [0.29, 0.717) is 0 Å². The minimum Gasteiger partial charge on any atom is -0.0776 e. The van der Waals surface area contributed by atoms with Gasteiger partial charge in [-0.2, -0.15) is 0 Å². The summed E-state index contributed by atoms with van der Waals surface area (Å²) in [6.45, 7) is 68.0. The molecule has 0 nitrogen and oxygen atoms in total. The van der Waals surface area contributed by atoms with Gasteiger partial charge in [0.2, 0.25) is 0 Å². The Balaban J connectivity index is -0.00000000938. The predicted molar refractivity (Wildman–Crippen MR) is 303 cm³/mol. The monoisotopic (exact) mass is 817 g/mol. The standard InChI is InChI=1S/16C3H8.7CH4/c16*1-3-2;;;;;;;/h16*3H2,1-2H3;7*1H4. The first-order valence-electron chi connectivity index (χ1n) is 22.6. The van der Waals surface area contributed by atoms with Crippen molar-refractivity contribution >= 4 is 0 Å². The van der Waals surface area contributed by atoms with Crippen molar-refractivity contribution in [3.63, 3.8) is 0 Å². The molecule has 0 N–H and O–H groups in total. The molecule has 0 heterocycles. The van der Waals surface area contributed by atoms with Crippen LogP contribution in [0.5, 0.6) is 0 Å². The van der Waals surface area contributed by atoms with Crippen LogP contribution in [0.25, 0.3) is 0 Å². The van der Waals surface area contributed by atoms with Crippen molar-refractivity contribution in [1.82, 2.24) is 0 Å². The first-order chi connectivity index (χ1) is 22.6. The van der Waals surface area contributed by atoms with Crippen LogP contribution >= 0.6 is 0 Å². The normalized spacial score (nSPS) is 5.24. The van der Waals surface area contributed by atoms with E-state index in [4.69, 9.17) is 0 Å². The van der Waals surface area contributed by atoms with Crippen LogP contribution in [-0.2, 0) is 0 Å². The highest BCUT2D eigenvalue weighted by Gasteiger charge is 1.40. The molecule has 0 spiro atoms. The maximum Gasteiger partial charge on any atom is -0.0590 e. The molecule has 0 aromatic rings. The number of hydrogen-bond acceptors (Lipinski definition) is 0. The van der Waals surface area contributed by atoms with E-state index >= 15 is 0 Å². The van der Waals surface area contributed by atoms with Gasteiger partial charge in [-0.05, 0) is 0 Å². The highest BCUT2D eigenvalue weighted by atomic mass is 13.5. The van der Waals surface area contributed by atoms with E-state index in [1.54, 1.807) is 0 Å². The van der Waals surface area contributed by atoms with Crippen molar-refractivity contribution in [3.05, 3.63) is 0 Å². The molecule has 0 aliphatic carbocycles. The minimum atomic E-state index is 0. The molecule has 0 aromatic heterocycles. The molecule has 0 aliphatic rings. The van der Waals surface area contributed by atoms with E-state index in [-0.39, 0.29) is 52.0 Å². The van der Waals surface area contributed by atoms with Gasteiger partial charge in [0.1, 0.15) is 0 Å². The zero-order valence-electron chi connectivity index (χ0n) is 43.3. The third kappa shape index (κ3) is 0. The fourth-order valence-electron chi connectivity index (χ4n) is 0. The average Bonchev–Trinajstić information content (AvgIpc) is 2.96. The number of rotatable bonds is 0. The van der Waals surface area contributed by atoms with E-state index in [1.165, 1.54) is 103 Å². The average molecular weight is 818 g/mol. The summed E-state index contributed by atoms with van der Waals surface area (Å²) in [7, 11) is 0. The van der Waals surface area contributed by atoms with Crippen molar-refractivity contribution in [3.8, 4) is 0 Å². The molecule has 0 atom stereocenters. The lowest BCUT2D eigenvalue weighted by Gasteiger charge is -1.48. The molecule has 0 unspecified atom stereocenters. The summed E-state index contributed by atoms with van der Waals surface area (Å²) in [5.41, 5.74) is 0. The van der Waals surface area contributed by atoms with Crippen LogP contribution in [0.2, 0.25) is 0 Å². The first kappa shape index (κ1) is 157. The summed E-state index contributed by atoms with van der Waals surface area (Å²) < 4.78 is 0. The Kier molecular flexibility index (Phi) is 1690. The summed E-state index contributed by atoms with van der Waals surface area (Å²) in [5.74, 6) is 0. The Morgan fingerprint density at radius 2 is 0.0909 bits per heavy atom. The fourth-order valence-corrected chi connectivity index (χ4v) is 0. The second kappa shape index (κ2) is 593. The van der Waals surface area contributed by atoms with Crippen molar-refractivity contribution in [2.75, 3.05) is 0 Å². The summed E-state index contributed by atoms with van der Waals surface area (Å²) in [4.78, 5) is 0. The molecule has 0 saturated carbocycles. The molecule has 0 saturated heterocycles. The maximum atomic E-state index is 2.12. The largest absolute Gasteiger partial charge is 0.0776 e. The lowest BCUT2D eigenvalue weighted by Crippen LogP contribution is -1.27. The van der Waals surface area contributed by atoms with Crippen LogP contribution in [0, 0.1) is 0 Å². The summed E-state index contributed by atoms with van der Waals surface area (Å²) in [6.07, 6.45) is 20.0. The van der Waals surface area contributed by atoms with Crippen LogP contribution in [-0.4, -0.2) is 0 Å². The van der Waals surface area contributed by atoms with E-state index in [2.05, 4.69) is 222 Å². The lowest BCUT2D eigenvalue weighted by molar-refractivity contribution is 1.09. The summed E-state index contributed by atoms with van der Waals surface area (Å²) in [5, 5.41) is 0. The number of hydrogen-bond donors (Lipinski definition) is 0. The molecular weight excluding hydrogens is 661 g/mol. The van der Waals surface area contributed by atoms with E-state index in [0.717, 1.165) is 0 Å². The molecule has 0 aromatic carbocycles. The molecular formula is C55H156. The van der Waals surface area contributed by atoms with Crippen molar-refractivity contribution in [2.24, 2.45) is 0 Å². The zero-order valence-corrected chi connectivity index (χ0v) is 43.3. The molecule has 0 rings (SSSR count). The van der Waals surface area contributed by atoms with Gasteiger partial charge in [-0.1, -0.05) is 376 Å². The topological polar surface area (TPSA) is 0 Å². The lowest BCUT2D eigenvalue weighted by atomic mass is 10.6. The molecule has 0 amide bonds. The highest BCUT2D eigenvalue weighted by Crippen LogP contribution is 1.60. The van der Waals surface area contributed by atoms with Crippen LogP contribution < -0.4 is 0 Å².